The molecular formula is C10H13N3O. The fourth-order valence-corrected chi connectivity index (χ4v) is 1.42. The van der Waals surface area contributed by atoms with Crippen molar-refractivity contribution in [3.05, 3.63) is 29.8 Å². The summed E-state index contributed by atoms with van der Waals surface area (Å²) in [4.78, 5) is 10.9. The Balaban J connectivity index is 2.02. The first-order valence-electron chi connectivity index (χ1n) is 4.67. The quantitative estimate of drug-likeness (QED) is 0.377. The van der Waals surface area contributed by atoms with Gasteiger partial charge in [0, 0.05) is 5.69 Å². The third kappa shape index (κ3) is 2.03. The van der Waals surface area contributed by atoms with Crippen LogP contribution in [0.3, 0.4) is 0 Å². The van der Waals surface area contributed by atoms with Crippen LogP contribution in [0.5, 0.6) is 0 Å². The molecule has 0 heterocycles. The van der Waals surface area contributed by atoms with Crippen LogP contribution in [0.2, 0.25) is 0 Å². The number of hydrazine groups is 1. The summed E-state index contributed by atoms with van der Waals surface area (Å²) in [5, 5.41) is 2.60. The molecule has 0 atom stereocenters. The zero-order valence-corrected chi connectivity index (χ0v) is 7.79. The number of carbonyl (C=O) groups excluding carboxylic acids is 1. The summed E-state index contributed by atoms with van der Waals surface area (Å²) in [5.74, 6) is 5.69. The van der Waals surface area contributed by atoms with E-state index < -0.39 is 6.03 Å². The zero-order valence-electron chi connectivity index (χ0n) is 7.79. The number of benzene rings is 1. The van der Waals surface area contributed by atoms with Gasteiger partial charge in [0.2, 0.25) is 0 Å². The minimum atomic E-state index is -0.399. The Morgan fingerprint density at radius 1 is 1.29 bits per heavy atom. The first kappa shape index (κ1) is 9.02. The standard InChI is InChI=1S/C10H13N3O/c11-13-10(14)12-9-5-3-8(4-6-9)7-1-2-7/h3-7H,1-2,11H2,(H2,12,13,14). The van der Waals surface area contributed by atoms with E-state index in [0.29, 0.717) is 0 Å². The van der Waals surface area contributed by atoms with E-state index in [2.05, 4.69) is 5.32 Å². The van der Waals surface area contributed by atoms with Crippen LogP contribution >= 0.6 is 0 Å². The van der Waals surface area contributed by atoms with Gasteiger partial charge in [-0.2, -0.15) is 0 Å². The number of amides is 2. The van der Waals surface area contributed by atoms with Crippen LogP contribution in [0.25, 0.3) is 0 Å². The molecule has 0 unspecified atom stereocenters. The number of hydrogen-bond acceptors (Lipinski definition) is 2. The minimum Gasteiger partial charge on any atom is -0.307 e. The molecule has 1 aromatic rings. The lowest BCUT2D eigenvalue weighted by Gasteiger charge is -2.04. The molecule has 0 aliphatic heterocycles. The molecule has 1 aromatic carbocycles. The molecule has 1 aliphatic carbocycles. The maximum absolute atomic E-state index is 10.9. The lowest BCUT2D eigenvalue weighted by atomic mass is 10.1. The summed E-state index contributed by atoms with van der Waals surface area (Å²) >= 11 is 0. The topological polar surface area (TPSA) is 67.1 Å². The number of anilines is 1. The second kappa shape index (κ2) is 3.67. The first-order chi connectivity index (χ1) is 6.79. The highest BCUT2D eigenvalue weighted by Gasteiger charge is 2.22. The molecule has 0 saturated heterocycles. The molecule has 4 heteroatoms. The fraction of sp³-hybridized carbons (Fsp3) is 0.300. The Kier molecular flexibility index (Phi) is 2.37. The van der Waals surface area contributed by atoms with Crippen molar-refractivity contribution in [3.63, 3.8) is 0 Å². The molecule has 0 spiro atoms. The molecule has 4 nitrogen and oxygen atoms in total. The first-order valence-corrected chi connectivity index (χ1v) is 4.67. The molecule has 0 bridgehead atoms. The third-order valence-corrected chi connectivity index (χ3v) is 2.35. The van der Waals surface area contributed by atoms with Gasteiger partial charge >= 0.3 is 6.03 Å². The Bertz CT molecular complexity index is 330. The lowest BCUT2D eigenvalue weighted by molar-refractivity contribution is 0.252. The summed E-state index contributed by atoms with van der Waals surface area (Å²) in [6.07, 6.45) is 2.58. The maximum Gasteiger partial charge on any atom is 0.333 e. The monoisotopic (exact) mass is 191 g/mol. The van der Waals surface area contributed by atoms with E-state index in [4.69, 9.17) is 5.84 Å². The SMILES string of the molecule is NNC(=O)Nc1ccc(C2CC2)cc1. The van der Waals surface area contributed by atoms with Crippen LogP contribution in [0.4, 0.5) is 10.5 Å². The Morgan fingerprint density at radius 2 is 1.93 bits per heavy atom. The van der Waals surface area contributed by atoms with Gasteiger partial charge in [-0.1, -0.05) is 12.1 Å². The summed E-state index contributed by atoms with van der Waals surface area (Å²) < 4.78 is 0. The van der Waals surface area contributed by atoms with Crippen LogP contribution < -0.4 is 16.6 Å². The van der Waals surface area contributed by atoms with Crippen molar-refractivity contribution in [2.24, 2.45) is 5.84 Å². The number of urea groups is 1. The van der Waals surface area contributed by atoms with E-state index in [-0.39, 0.29) is 0 Å². The highest BCUT2D eigenvalue weighted by Crippen LogP contribution is 2.40. The van der Waals surface area contributed by atoms with Crippen LogP contribution in [0.1, 0.15) is 24.3 Å². The van der Waals surface area contributed by atoms with Crippen molar-refractivity contribution in [1.29, 1.82) is 0 Å². The molecule has 2 rings (SSSR count). The average molecular weight is 191 g/mol. The molecule has 14 heavy (non-hydrogen) atoms. The van der Waals surface area contributed by atoms with Gasteiger partial charge < -0.3 is 5.32 Å². The van der Waals surface area contributed by atoms with Crippen molar-refractivity contribution >= 4 is 11.7 Å². The van der Waals surface area contributed by atoms with Crippen LogP contribution in [-0.2, 0) is 0 Å². The van der Waals surface area contributed by atoms with Crippen molar-refractivity contribution in [1.82, 2.24) is 5.43 Å². The van der Waals surface area contributed by atoms with E-state index in [1.165, 1.54) is 18.4 Å². The second-order valence-corrected chi connectivity index (χ2v) is 3.49. The maximum atomic E-state index is 10.9. The number of nitrogens with one attached hydrogen (secondary N) is 2. The van der Waals surface area contributed by atoms with Crippen molar-refractivity contribution in [2.75, 3.05) is 5.32 Å². The highest BCUT2D eigenvalue weighted by molar-refractivity contribution is 5.88. The zero-order chi connectivity index (χ0) is 9.97. The smallest absolute Gasteiger partial charge is 0.307 e. The Morgan fingerprint density at radius 3 is 2.43 bits per heavy atom. The van der Waals surface area contributed by atoms with E-state index in [1.54, 1.807) is 0 Å². The minimum absolute atomic E-state index is 0.399. The highest BCUT2D eigenvalue weighted by atomic mass is 16.2. The van der Waals surface area contributed by atoms with Crippen molar-refractivity contribution in [2.45, 2.75) is 18.8 Å². The van der Waals surface area contributed by atoms with Gasteiger partial charge in [-0.3, -0.25) is 5.43 Å². The molecule has 4 N–H and O–H groups in total. The molecule has 1 saturated carbocycles. The summed E-state index contributed by atoms with van der Waals surface area (Å²) in [7, 11) is 0. The van der Waals surface area contributed by atoms with Crippen LogP contribution in [0, 0.1) is 0 Å². The number of nitrogens with two attached hydrogens (primary N) is 1. The predicted molar refractivity (Wildman–Crippen MR) is 54.8 cm³/mol. The largest absolute Gasteiger partial charge is 0.333 e. The molecule has 74 valence electrons. The molecule has 2 amide bonds. The van der Waals surface area contributed by atoms with Gasteiger partial charge in [0.25, 0.3) is 0 Å². The summed E-state index contributed by atoms with van der Waals surface area (Å²) in [5.41, 5.74) is 4.13. The Labute approximate surface area is 82.5 Å². The number of rotatable bonds is 2. The second-order valence-electron chi connectivity index (χ2n) is 3.49. The van der Waals surface area contributed by atoms with Gasteiger partial charge in [0.05, 0.1) is 0 Å². The normalized spacial score (nSPS) is 14.9. The molecule has 0 aromatic heterocycles. The van der Waals surface area contributed by atoms with Crippen molar-refractivity contribution in [3.8, 4) is 0 Å². The van der Waals surface area contributed by atoms with Crippen LogP contribution in [0.15, 0.2) is 24.3 Å². The van der Waals surface area contributed by atoms with Gasteiger partial charge in [-0.05, 0) is 36.5 Å². The molecule has 1 aliphatic rings. The molecular weight excluding hydrogens is 178 g/mol. The Hall–Kier alpha value is -1.55. The number of carbonyl (C=O) groups is 1. The van der Waals surface area contributed by atoms with Gasteiger partial charge in [-0.15, -0.1) is 0 Å². The van der Waals surface area contributed by atoms with Gasteiger partial charge in [-0.25, -0.2) is 10.6 Å². The van der Waals surface area contributed by atoms with E-state index in [1.807, 2.05) is 29.7 Å². The van der Waals surface area contributed by atoms with Crippen molar-refractivity contribution < 1.29 is 4.79 Å². The molecule has 1 fully saturated rings. The summed E-state index contributed by atoms with van der Waals surface area (Å²) in [6, 6.07) is 7.48. The van der Waals surface area contributed by atoms with E-state index in [0.717, 1.165) is 11.6 Å². The third-order valence-electron chi connectivity index (χ3n) is 2.35. The van der Waals surface area contributed by atoms with Gasteiger partial charge in [0.1, 0.15) is 0 Å². The predicted octanol–water partition coefficient (Wildman–Crippen LogP) is 1.56. The summed E-state index contributed by atoms with van der Waals surface area (Å²) in [6.45, 7) is 0. The van der Waals surface area contributed by atoms with E-state index >= 15 is 0 Å². The number of hydrogen-bond donors (Lipinski definition) is 3. The average Bonchev–Trinajstić information content (AvgIpc) is 3.02. The molecule has 0 radical (unpaired) electrons. The van der Waals surface area contributed by atoms with Gasteiger partial charge in [0.15, 0.2) is 0 Å². The lowest BCUT2D eigenvalue weighted by Crippen LogP contribution is -2.34. The fourth-order valence-electron chi connectivity index (χ4n) is 1.42. The van der Waals surface area contributed by atoms with E-state index in [9.17, 15) is 4.79 Å². The van der Waals surface area contributed by atoms with Crippen LogP contribution in [-0.4, -0.2) is 6.03 Å².